The lowest BCUT2D eigenvalue weighted by atomic mass is 9.90. The highest BCUT2D eigenvalue weighted by molar-refractivity contribution is 6.30. The molecule has 1 saturated heterocycles. The molecule has 154 valence electrons. The van der Waals surface area contributed by atoms with E-state index in [1.165, 1.54) is 23.9 Å². The van der Waals surface area contributed by atoms with E-state index in [0.717, 1.165) is 37.4 Å². The van der Waals surface area contributed by atoms with Crippen LogP contribution >= 0.6 is 11.6 Å². The number of amides is 2. The van der Waals surface area contributed by atoms with Crippen LogP contribution in [0.1, 0.15) is 41.6 Å². The zero-order valence-corrected chi connectivity index (χ0v) is 17.1. The van der Waals surface area contributed by atoms with Crippen molar-refractivity contribution in [1.82, 2.24) is 15.2 Å². The Bertz CT molecular complexity index is 866. The number of aromatic nitrogens is 1. The van der Waals surface area contributed by atoms with Crippen LogP contribution in [0.15, 0.2) is 47.4 Å². The Balaban J connectivity index is 1.33. The van der Waals surface area contributed by atoms with E-state index < -0.39 is 0 Å². The SMILES string of the molecule is O=C(NCCCC(=O)N1CCC(Cc2ccc(Cl)cc2)CC1)c1ccc(=O)[nH]c1. The molecule has 2 aromatic rings. The molecule has 1 fully saturated rings. The van der Waals surface area contributed by atoms with Gasteiger partial charge < -0.3 is 15.2 Å². The van der Waals surface area contributed by atoms with Crippen LogP contribution in [0.2, 0.25) is 5.02 Å². The highest BCUT2D eigenvalue weighted by Gasteiger charge is 2.22. The molecule has 0 aliphatic carbocycles. The van der Waals surface area contributed by atoms with E-state index in [0.29, 0.717) is 30.9 Å². The van der Waals surface area contributed by atoms with Crippen LogP contribution in [0.4, 0.5) is 0 Å². The van der Waals surface area contributed by atoms with Gasteiger partial charge in [-0.2, -0.15) is 0 Å². The minimum Gasteiger partial charge on any atom is -0.352 e. The van der Waals surface area contributed by atoms with Crippen molar-refractivity contribution in [2.45, 2.75) is 32.1 Å². The van der Waals surface area contributed by atoms with E-state index in [1.54, 1.807) is 0 Å². The number of carbonyl (C=O) groups is 2. The largest absolute Gasteiger partial charge is 0.352 e. The van der Waals surface area contributed by atoms with Crippen LogP contribution in [0.5, 0.6) is 0 Å². The molecule has 2 amide bonds. The van der Waals surface area contributed by atoms with Gasteiger partial charge in [0.2, 0.25) is 11.5 Å². The summed E-state index contributed by atoms with van der Waals surface area (Å²) < 4.78 is 0. The van der Waals surface area contributed by atoms with E-state index in [2.05, 4.69) is 22.4 Å². The van der Waals surface area contributed by atoms with Crippen molar-refractivity contribution >= 4 is 23.4 Å². The van der Waals surface area contributed by atoms with Gasteiger partial charge in [0.15, 0.2) is 0 Å². The molecule has 0 radical (unpaired) electrons. The van der Waals surface area contributed by atoms with Crippen LogP contribution in [0.25, 0.3) is 0 Å². The Labute approximate surface area is 175 Å². The number of carbonyl (C=O) groups excluding carboxylic acids is 2. The van der Waals surface area contributed by atoms with Crippen molar-refractivity contribution in [1.29, 1.82) is 0 Å². The summed E-state index contributed by atoms with van der Waals surface area (Å²) in [5, 5.41) is 3.53. The third kappa shape index (κ3) is 6.46. The molecular formula is C22H26ClN3O3. The number of aromatic amines is 1. The molecule has 1 aromatic heterocycles. The first-order chi connectivity index (χ1) is 14.0. The normalized spacial score (nSPS) is 14.6. The summed E-state index contributed by atoms with van der Waals surface area (Å²) in [6, 6.07) is 10.8. The predicted octanol–water partition coefficient (Wildman–Crippen LogP) is 3.02. The molecule has 6 nitrogen and oxygen atoms in total. The van der Waals surface area contributed by atoms with Crippen LogP contribution in [0.3, 0.4) is 0 Å². The molecule has 1 aliphatic rings. The number of piperidine rings is 1. The maximum Gasteiger partial charge on any atom is 0.252 e. The third-order valence-corrected chi connectivity index (χ3v) is 5.56. The molecule has 1 aromatic carbocycles. The first-order valence-electron chi connectivity index (χ1n) is 10.0. The molecule has 1 aliphatic heterocycles. The van der Waals surface area contributed by atoms with Crippen LogP contribution in [-0.2, 0) is 11.2 Å². The van der Waals surface area contributed by atoms with Gasteiger partial charge in [0, 0.05) is 43.3 Å². The first kappa shape index (κ1) is 21.1. The number of hydrogen-bond donors (Lipinski definition) is 2. The second-order valence-corrected chi connectivity index (χ2v) is 7.89. The highest BCUT2D eigenvalue weighted by Crippen LogP contribution is 2.23. The molecule has 7 heteroatoms. The van der Waals surface area contributed by atoms with Gasteiger partial charge in [-0.1, -0.05) is 23.7 Å². The Hall–Kier alpha value is -2.60. The number of hydrogen-bond acceptors (Lipinski definition) is 3. The average Bonchev–Trinajstić information content (AvgIpc) is 2.73. The lowest BCUT2D eigenvalue weighted by molar-refractivity contribution is -0.132. The van der Waals surface area contributed by atoms with Crippen LogP contribution in [0, 0.1) is 5.92 Å². The Morgan fingerprint density at radius 3 is 2.48 bits per heavy atom. The molecule has 29 heavy (non-hydrogen) atoms. The molecule has 0 bridgehead atoms. The van der Waals surface area contributed by atoms with E-state index in [4.69, 9.17) is 11.6 Å². The Morgan fingerprint density at radius 1 is 1.10 bits per heavy atom. The van der Waals surface area contributed by atoms with Gasteiger partial charge in [-0.25, -0.2) is 0 Å². The number of nitrogens with zero attached hydrogens (tertiary/aromatic N) is 1. The van der Waals surface area contributed by atoms with E-state index in [1.807, 2.05) is 17.0 Å². The summed E-state index contributed by atoms with van der Waals surface area (Å²) >= 11 is 5.93. The first-order valence-corrected chi connectivity index (χ1v) is 10.4. The number of nitrogens with one attached hydrogen (secondary N) is 2. The summed E-state index contributed by atoms with van der Waals surface area (Å²) in [6.45, 7) is 2.01. The summed E-state index contributed by atoms with van der Waals surface area (Å²) in [6.07, 6.45) is 5.45. The van der Waals surface area contributed by atoms with Gasteiger partial charge in [0.25, 0.3) is 5.91 Å². The standard InChI is InChI=1S/C22H26ClN3O3/c23-19-6-3-16(4-7-19)14-17-9-12-26(13-10-17)21(28)2-1-11-24-22(29)18-5-8-20(27)25-15-18/h3-8,15,17H,1-2,9-14H2,(H,24,29)(H,25,27). The number of pyridine rings is 1. The predicted molar refractivity (Wildman–Crippen MR) is 113 cm³/mol. The minimum absolute atomic E-state index is 0.147. The summed E-state index contributed by atoms with van der Waals surface area (Å²) in [5.41, 5.74) is 1.44. The van der Waals surface area contributed by atoms with Gasteiger partial charge in [-0.05, 0) is 55.4 Å². The highest BCUT2D eigenvalue weighted by atomic mass is 35.5. The van der Waals surface area contributed by atoms with Crippen molar-refractivity contribution in [3.05, 3.63) is 69.1 Å². The van der Waals surface area contributed by atoms with Crippen molar-refractivity contribution in [3.63, 3.8) is 0 Å². The maximum atomic E-state index is 12.4. The molecule has 0 saturated carbocycles. The van der Waals surface area contributed by atoms with Crippen molar-refractivity contribution in [2.75, 3.05) is 19.6 Å². The smallest absolute Gasteiger partial charge is 0.252 e. The van der Waals surface area contributed by atoms with Gasteiger partial charge >= 0.3 is 0 Å². The fourth-order valence-corrected chi connectivity index (χ4v) is 3.72. The van der Waals surface area contributed by atoms with Crippen molar-refractivity contribution in [3.8, 4) is 0 Å². The zero-order chi connectivity index (χ0) is 20.6. The fourth-order valence-electron chi connectivity index (χ4n) is 3.59. The summed E-state index contributed by atoms with van der Waals surface area (Å²) in [4.78, 5) is 39.8. The Kier molecular flexibility index (Phi) is 7.47. The van der Waals surface area contributed by atoms with E-state index in [-0.39, 0.29) is 17.4 Å². The molecular weight excluding hydrogens is 390 g/mol. The fraction of sp³-hybridized carbons (Fsp3) is 0.409. The number of benzene rings is 1. The molecule has 2 N–H and O–H groups in total. The van der Waals surface area contributed by atoms with Gasteiger partial charge in [-0.15, -0.1) is 0 Å². The second-order valence-electron chi connectivity index (χ2n) is 7.46. The lowest BCUT2D eigenvalue weighted by Crippen LogP contribution is -2.39. The lowest BCUT2D eigenvalue weighted by Gasteiger charge is -2.32. The van der Waals surface area contributed by atoms with Crippen LogP contribution in [-0.4, -0.2) is 41.3 Å². The van der Waals surface area contributed by atoms with Crippen molar-refractivity contribution < 1.29 is 9.59 Å². The number of halogens is 1. The quantitative estimate of drug-likeness (QED) is 0.682. The van der Waals surface area contributed by atoms with Gasteiger partial charge in [0.05, 0.1) is 5.56 Å². The Morgan fingerprint density at radius 2 is 1.83 bits per heavy atom. The topological polar surface area (TPSA) is 82.3 Å². The second kappa shape index (κ2) is 10.3. The molecule has 2 heterocycles. The zero-order valence-electron chi connectivity index (χ0n) is 16.3. The number of H-pyrrole nitrogens is 1. The van der Waals surface area contributed by atoms with E-state index >= 15 is 0 Å². The maximum absolute atomic E-state index is 12.4. The van der Waals surface area contributed by atoms with Crippen molar-refractivity contribution in [2.24, 2.45) is 5.92 Å². The summed E-state index contributed by atoms with van der Waals surface area (Å²) in [7, 11) is 0. The van der Waals surface area contributed by atoms with Gasteiger partial charge in [-0.3, -0.25) is 14.4 Å². The molecule has 0 atom stereocenters. The molecule has 0 unspecified atom stereocenters. The monoisotopic (exact) mass is 415 g/mol. The summed E-state index contributed by atoms with van der Waals surface area (Å²) in [5.74, 6) is 0.488. The molecule has 3 rings (SSSR count). The number of rotatable bonds is 7. The van der Waals surface area contributed by atoms with Crippen LogP contribution < -0.4 is 10.9 Å². The van der Waals surface area contributed by atoms with E-state index in [9.17, 15) is 14.4 Å². The minimum atomic E-state index is -0.253. The average molecular weight is 416 g/mol. The third-order valence-electron chi connectivity index (χ3n) is 5.30. The van der Waals surface area contributed by atoms with Gasteiger partial charge in [0.1, 0.15) is 0 Å². The number of likely N-dealkylation sites (tertiary alicyclic amines) is 1. The molecule has 0 spiro atoms.